The van der Waals surface area contributed by atoms with Crippen LogP contribution in [0.2, 0.25) is 0 Å². The number of unbranched alkanes of at least 4 members (excludes halogenated alkanes) is 1. The molecule has 174 valence electrons. The van der Waals surface area contributed by atoms with E-state index in [0.717, 1.165) is 43.4 Å². The van der Waals surface area contributed by atoms with E-state index in [-0.39, 0.29) is 40.8 Å². The second-order valence-electron chi connectivity index (χ2n) is 8.87. The average molecular weight is 463 g/mol. The molecule has 1 saturated heterocycles. The molecule has 0 spiro atoms. The number of pyridine rings is 1. The zero-order valence-corrected chi connectivity index (χ0v) is 19.3. The third-order valence-corrected chi connectivity index (χ3v) is 7.71. The van der Waals surface area contributed by atoms with Gasteiger partial charge in [0.05, 0.1) is 11.6 Å². The van der Waals surface area contributed by atoms with Crippen LogP contribution in [0.3, 0.4) is 0 Å². The maximum absolute atomic E-state index is 14.0. The van der Waals surface area contributed by atoms with Gasteiger partial charge in [0.1, 0.15) is 11.5 Å². The Morgan fingerprint density at radius 2 is 1.81 bits per heavy atom. The molecule has 2 aromatic rings. The van der Waals surface area contributed by atoms with Gasteiger partial charge >= 0.3 is 5.69 Å². The normalized spacial score (nSPS) is 22.2. The lowest BCUT2D eigenvalue weighted by molar-refractivity contribution is -0.122. The number of hydrogen-bond donors (Lipinski definition) is 1. The van der Waals surface area contributed by atoms with Crippen molar-refractivity contribution in [2.75, 3.05) is 11.5 Å². The van der Waals surface area contributed by atoms with Crippen LogP contribution in [-0.4, -0.2) is 37.6 Å². The maximum atomic E-state index is 14.0. The molecule has 2 aliphatic rings. The van der Waals surface area contributed by atoms with Crippen molar-refractivity contribution >= 4 is 28.7 Å². The first-order valence-electron chi connectivity index (χ1n) is 11.7. The lowest BCUT2D eigenvalue weighted by atomic mass is 9.90. The predicted octanol–water partition coefficient (Wildman–Crippen LogP) is 3.56. The van der Waals surface area contributed by atoms with E-state index in [1.165, 1.54) is 10.6 Å². The fourth-order valence-electron chi connectivity index (χ4n) is 4.91. The summed E-state index contributed by atoms with van der Waals surface area (Å²) in [4.78, 5) is 43.1. The molecule has 1 aliphatic heterocycles. The van der Waals surface area contributed by atoms with Crippen LogP contribution >= 0.6 is 11.8 Å². The molecule has 0 bridgehead atoms. The van der Waals surface area contributed by atoms with Crippen LogP contribution in [0.5, 0.6) is 0 Å². The van der Waals surface area contributed by atoms with Crippen LogP contribution in [0.4, 0.5) is 4.39 Å². The molecular formula is C23H31FN4O3S. The zero-order valence-electron chi connectivity index (χ0n) is 18.5. The van der Waals surface area contributed by atoms with Crippen molar-refractivity contribution in [2.45, 2.75) is 82.8 Å². The Balaban J connectivity index is 1.64. The predicted molar refractivity (Wildman–Crippen MR) is 125 cm³/mol. The largest absolute Gasteiger partial charge is 0.353 e. The van der Waals surface area contributed by atoms with Gasteiger partial charge in [-0.3, -0.25) is 18.7 Å². The van der Waals surface area contributed by atoms with Crippen LogP contribution in [-0.2, 0) is 4.79 Å². The molecule has 0 aromatic carbocycles. The van der Waals surface area contributed by atoms with Crippen molar-refractivity contribution in [3.63, 3.8) is 0 Å². The Labute approximate surface area is 190 Å². The molecule has 7 nitrogen and oxygen atoms in total. The van der Waals surface area contributed by atoms with Gasteiger partial charge in [-0.15, -0.1) is 0 Å². The second-order valence-corrected chi connectivity index (χ2v) is 10.1. The molecule has 1 aliphatic carbocycles. The van der Waals surface area contributed by atoms with Gasteiger partial charge in [0, 0.05) is 24.5 Å². The molecule has 0 atom stereocenters. The molecule has 4 rings (SSSR count). The number of hydrogen-bond acceptors (Lipinski definition) is 5. The number of nitrogens with zero attached hydrogens (tertiary/aromatic N) is 3. The smallest absolute Gasteiger partial charge is 0.333 e. The molecule has 1 saturated carbocycles. The SMILES string of the molecule is CCCCC(=O)NC1CCC(n2c(=O)c3cc(F)cnc3n(C3CCSCC3)c2=O)CC1. The van der Waals surface area contributed by atoms with Crippen LogP contribution in [0.25, 0.3) is 11.0 Å². The quantitative estimate of drug-likeness (QED) is 0.710. The highest BCUT2D eigenvalue weighted by atomic mass is 32.2. The number of carbonyl (C=O) groups excluding carboxylic acids is 1. The molecular weight excluding hydrogens is 431 g/mol. The van der Waals surface area contributed by atoms with Crippen LogP contribution in [0.15, 0.2) is 21.9 Å². The van der Waals surface area contributed by atoms with Crippen molar-refractivity contribution in [1.29, 1.82) is 0 Å². The second kappa shape index (κ2) is 10.2. The molecule has 1 N–H and O–H groups in total. The summed E-state index contributed by atoms with van der Waals surface area (Å²) in [6, 6.07) is 0.984. The van der Waals surface area contributed by atoms with Crippen LogP contribution in [0, 0.1) is 5.82 Å². The van der Waals surface area contributed by atoms with E-state index in [4.69, 9.17) is 0 Å². The summed E-state index contributed by atoms with van der Waals surface area (Å²) >= 11 is 1.85. The van der Waals surface area contributed by atoms with Crippen molar-refractivity contribution in [1.82, 2.24) is 19.4 Å². The number of thioether (sulfide) groups is 1. The Hall–Kier alpha value is -2.16. The van der Waals surface area contributed by atoms with E-state index in [1.807, 2.05) is 11.8 Å². The molecule has 1 amide bonds. The molecule has 3 heterocycles. The van der Waals surface area contributed by atoms with E-state index in [2.05, 4.69) is 17.2 Å². The minimum atomic E-state index is -0.580. The topological polar surface area (TPSA) is 86.0 Å². The highest BCUT2D eigenvalue weighted by Gasteiger charge is 2.29. The summed E-state index contributed by atoms with van der Waals surface area (Å²) < 4.78 is 17.0. The molecule has 2 aromatic heterocycles. The zero-order chi connectivity index (χ0) is 22.7. The monoisotopic (exact) mass is 462 g/mol. The Bertz CT molecular complexity index is 1090. The lowest BCUT2D eigenvalue weighted by Gasteiger charge is -2.31. The van der Waals surface area contributed by atoms with E-state index < -0.39 is 11.4 Å². The van der Waals surface area contributed by atoms with E-state index >= 15 is 0 Å². The molecule has 9 heteroatoms. The number of amides is 1. The van der Waals surface area contributed by atoms with Gasteiger partial charge < -0.3 is 5.32 Å². The molecule has 2 fully saturated rings. The first-order chi connectivity index (χ1) is 15.5. The van der Waals surface area contributed by atoms with Gasteiger partial charge in [-0.25, -0.2) is 14.2 Å². The van der Waals surface area contributed by atoms with Crippen molar-refractivity contribution in [3.05, 3.63) is 38.9 Å². The summed E-state index contributed by atoms with van der Waals surface area (Å²) in [7, 11) is 0. The Kier molecular flexibility index (Phi) is 7.33. The van der Waals surface area contributed by atoms with Gasteiger partial charge in [0.15, 0.2) is 0 Å². The van der Waals surface area contributed by atoms with Gasteiger partial charge in [0.2, 0.25) is 5.91 Å². The number of aromatic nitrogens is 3. The van der Waals surface area contributed by atoms with Gasteiger partial charge in [-0.1, -0.05) is 13.3 Å². The van der Waals surface area contributed by atoms with Gasteiger partial charge in [0.25, 0.3) is 5.56 Å². The van der Waals surface area contributed by atoms with Crippen molar-refractivity contribution in [3.8, 4) is 0 Å². The first kappa shape index (κ1) is 23.0. The summed E-state index contributed by atoms with van der Waals surface area (Å²) in [6.07, 6.45) is 7.80. The third-order valence-electron chi connectivity index (χ3n) is 6.66. The molecule has 0 unspecified atom stereocenters. The summed E-state index contributed by atoms with van der Waals surface area (Å²) in [6.45, 7) is 2.06. The minimum Gasteiger partial charge on any atom is -0.353 e. The maximum Gasteiger partial charge on any atom is 0.333 e. The van der Waals surface area contributed by atoms with Gasteiger partial charge in [-0.2, -0.15) is 11.8 Å². The minimum absolute atomic E-state index is 0.0368. The summed E-state index contributed by atoms with van der Waals surface area (Å²) in [5, 5.41) is 3.25. The fourth-order valence-corrected chi connectivity index (χ4v) is 6.00. The summed E-state index contributed by atoms with van der Waals surface area (Å²) in [5.41, 5.74) is -0.519. The fraction of sp³-hybridized carbons (Fsp3) is 0.652. The molecule has 0 radical (unpaired) electrons. The lowest BCUT2D eigenvalue weighted by Crippen LogP contribution is -2.46. The van der Waals surface area contributed by atoms with Crippen molar-refractivity contribution in [2.24, 2.45) is 0 Å². The van der Waals surface area contributed by atoms with Crippen molar-refractivity contribution < 1.29 is 9.18 Å². The number of halogens is 1. The number of fused-ring (bicyclic) bond motifs is 1. The Morgan fingerprint density at radius 1 is 1.12 bits per heavy atom. The number of rotatable bonds is 6. The molecule has 32 heavy (non-hydrogen) atoms. The first-order valence-corrected chi connectivity index (χ1v) is 12.8. The number of nitrogens with one attached hydrogen (secondary N) is 1. The highest BCUT2D eigenvalue weighted by molar-refractivity contribution is 7.99. The third kappa shape index (κ3) is 4.77. The standard InChI is InChI=1S/C23H31FN4O3S/c1-2-3-4-20(29)26-16-5-7-17(8-6-16)28-22(30)19-13-15(24)14-25-21(19)27(23(28)31)18-9-11-32-12-10-18/h13-14,16-18H,2-12H2,1H3,(H,26,29). The summed E-state index contributed by atoms with van der Waals surface area (Å²) in [5.74, 6) is 1.38. The van der Waals surface area contributed by atoms with E-state index in [9.17, 15) is 18.8 Å². The number of carbonyl (C=O) groups is 1. The average Bonchev–Trinajstić information content (AvgIpc) is 2.80. The van der Waals surface area contributed by atoms with Gasteiger partial charge in [-0.05, 0) is 62.5 Å². The highest BCUT2D eigenvalue weighted by Crippen LogP contribution is 2.30. The van der Waals surface area contributed by atoms with Crippen LogP contribution in [0.1, 0.15) is 76.8 Å². The van der Waals surface area contributed by atoms with E-state index in [1.54, 1.807) is 4.57 Å². The van der Waals surface area contributed by atoms with Crippen LogP contribution < -0.4 is 16.6 Å². The Morgan fingerprint density at radius 3 is 2.50 bits per heavy atom. The van der Waals surface area contributed by atoms with E-state index in [0.29, 0.717) is 32.1 Å².